The molecule has 4 atom stereocenters. The molecule has 0 aromatic carbocycles. The van der Waals surface area contributed by atoms with Crippen molar-refractivity contribution in [3.05, 3.63) is 12.2 Å². The number of morpholine rings is 1. The minimum absolute atomic E-state index is 0.270. The van der Waals surface area contributed by atoms with Gasteiger partial charge in [-0.2, -0.15) is 0 Å². The van der Waals surface area contributed by atoms with Crippen LogP contribution in [0.3, 0.4) is 0 Å². The van der Waals surface area contributed by atoms with Gasteiger partial charge in [-0.25, -0.2) is 0 Å². The second-order valence-electron chi connectivity index (χ2n) is 4.87. The lowest BCUT2D eigenvalue weighted by molar-refractivity contribution is -0.170. The third-order valence-corrected chi connectivity index (χ3v) is 3.76. The molecule has 4 unspecified atom stereocenters. The van der Waals surface area contributed by atoms with Crippen LogP contribution < -0.4 is 0 Å². The molecule has 2 fully saturated rings. The van der Waals surface area contributed by atoms with Crippen LogP contribution in [0.15, 0.2) is 12.2 Å². The van der Waals surface area contributed by atoms with Gasteiger partial charge in [0.2, 0.25) is 0 Å². The van der Waals surface area contributed by atoms with Crippen LogP contribution >= 0.6 is 0 Å². The van der Waals surface area contributed by atoms with Crippen molar-refractivity contribution in [2.75, 3.05) is 0 Å². The lowest BCUT2D eigenvalue weighted by Gasteiger charge is -2.33. The number of amides is 2. The molecule has 0 spiro atoms. The molecule has 3 rings (SSSR count). The summed E-state index contributed by atoms with van der Waals surface area (Å²) in [5.41, 5.74) is 0. The predicted molar refractivity (Wildman–Crippen MR) is 58.4 cm³/mol. The van der Waals surface area contributed by atoms with Gasteiger partial charge < -0.3 is 9.84 Å². The molecule has 2 saturated heterocycles. The molecule has 6 nitrogen and oxygen atoms in total. The smallest absolute Gasteiger partial charge is 0.310 e. The van der Waals surface area contributed by atoms with Crippen LogP contribution in [0.5, 0.6) is 0 Å². The Bertz CT molecular complexity index is 435. The van der Waals surface area contributed by atoms with Gasteiger partial charge in [-0.3, -0.25) is 19.3 Å². The van der Waals surface area contributed by atoms with Gasteiger partial charge in [-0.05, 0) is 19.3 Å². The van der Waals surface area contributed by atoms with E-state index in [0.717, 1.165) is 0 Å². The van der Waals surface area contributed by atoms with Gasteiger partial charge in [0.25, 0.3) is 11.8 Å². The molecule has 3 aliphatic rings. The van der Waals surface area contributed by atoms with E-state index < -0.39 is 30.1 Å². The lowest BCUT2D eigenvalue weighted by Crippen LogP contribution is -2.55. The highest BCUT2D eigenvalue weighted by Crippen LogP contribution is 2.33. The summed E-state index contributed by atoms with van der Waals surface area (Å²) < 4.78 is 5.30. The van der Waals surface area contributed by atoms with E-state index in [4.69, 9.17) is 9.84 Å². The van der Waals surface area contributed by atoms with E-state index in [1.54, 1.807) is 12.2 Å². The van der Waals surface area contributed by atoms with E-state index in [2.05, 4.69) is 0 Å². The van der Waals surface area contributed by atoms with Crippen molar-refractivity contribution < 1.29 is 24.2 Å². The van der Waals surface area contributed by atoms with E-state index in [9.17, 15) is 14.4 Å². The zero-order chi connectivity index (χ0) is 12.9. The SMILES string of the molecule is O=C(O)C1C=CC(N2C(=O)C3CCC(O3)C2=O)C1. The number of carbonyl (C=O) groups is 3. The molecule has 6 heteroatoms. The summed E-state index contributed by atoms with van der Waals surface area (Å²) in [6.07, 6.45) is 3.56. The molecular formula is C12H13NO5. The van der Waals surface area contributed by atoms with E-state index in [-0.39, 0.29) is 18.2 Å². The summed E-state index contributed by atoms with van der Waals surface area (Å²) in [5, 5.41) is 8.91. The standard InChI is InChI=1S/C12H13NO5/c14-10-8-3-4-9(18-8)11(15)13(10)7-2-1-6(5-7)12(16)17/h1-2,6-9H,3-5H2,(H,16,17). The monoisotopic (exact) mass is 251 g/mol. The van der Waals surface area contributed by atoms with E-state index in [0.29, 0.717) is 12.8 Å². The molecule has 0 radical (unpaired) electrons. The Morgan fingerprint density at radius 1 is 1.22 bits per heavy atom. The van der Waals surface area contributed by atoms with E-state index in [1.165, 1.54) is 4.90 Å². The Morgan fingerprint density at radius 3 is 2.33 bits per heavy atom. The fraction of sp³-hybridized carbons (Fsp3) is 0.583. The average molecular weight is 251 g/mol. The van der Waals surface area contributed by atoms with Crippen molar-refractivity contribution in [2.24, 2.45) is 5.92 Å². The molecule has 2 aliphatic heterocycles. The van der Waals surface area contributed by atoms with Crippen LogP contribution in [-0.2, 0) is 19.1 Å². The minimum atomic E-state index is -0.926. The van der Waals surface area contributed by atoms with Crippen molar-refractivity contribution in [3.8, 4) is 0 Å². The molecular weight excluding hydrogens is 238 g/mol. The molecule has 1 N–H and O–H groups in total. The number of hydrogen-bond acceptors (Lipinski definition) is 4. The molecule has 18 heavy (non-hydrogen) atoms. The van der Waals surface area contributed by atoms with Crippen molar-refractivity contribution in [2.45, 2.75) is 37.5 Å². The summed E-state index contributed by atoms with van der Waals surface area (Å²) in [4.78, 5) is 36.2. The van der Waals surface area contributed by atoms with Crippen LogP contribution in [0.4, 0.5) is 0 Å². The Labute approximate surface area is 103 Å². The van der Waals surface area contributed by atoms with Gasteiger partial charge in [0.1, 0.15) is 12.2 Å². The summed E-state index contributed by atoms with van der Waals surface area (Å²) in [5.74, 6) is -2.19. The quantitative estimate of drug-likeness (QED) is 0.548. The molecule has 0 saturated carbocycles. The maximum absolute atomic E-state index is 12.1. The van der Waals surface area contributed by atoms with Crippen LogP contribution in [0.1, 0.15) is 19.3 Å². The second-order valence-corrected chi connectivity index (χ2v) is 4.87. The Balaban J connectivity index is 1.81. The van der Waals surface area contributed by atoms with E-state index in [1.807, 2.05) is 0 Å². The van der Waals surface area contributed by atoms with Crippen molar-refractivity contribution in [3.63, 3.8) is 0 Å². The Hall–Kier alpha value is -1.69. The van der Waals surface area contributed by atoms with Crippen molar-refractivity contribution in [1.82, 2.24) is 4.90 Å². The number of carboxylic acid groups (broad SMARTS) is 1. The summed E-state index contributed by atoms with van der Waals surface area (Å²) in [6.45, 7) is 0. The number of aliphatic carboxylic acids is 1. The van der Waals surface area contributed by atoms with Gasteiger partial charge >= 0.3 is 5.97 Å². The first kappa shape index (κ1) is 11.4. The summed E-state index contributed by atoms with van der Waals surface area (Å²) in [6, 6.07) is -0.432. The Kier molecular flexibility index (Phi) is 2.48. The third kappa shape index (κ3) is 1.56. The maximum Gasteiger partial charge on any atom is 0.310 e. The number of carbonyl (C=O) groups excluding carboxylic acids is 2. The van der Waals surface area contributed by atoms with Crippen LogP contribution in [0.25, 0.3) is 0 Å². The highest BCUT2D eigenvalue weighted by molar-refractivity contribution is 6.03. The number of ether oxygens (including phenoxy) is 1. The minimum Gasteiger partial charge on any atom is -0.481 e. The topological polar surface area (TPSA) is 83.9 Å². The normalized spacial score (nSPS) is 38.6. The zero-order valence-electron chi connectivity index (χ0n) is 9.61. The molecule has 2 heterocycles. The first-order valence-electron chi connectivity index (χ1n) is 6.01. The largest absolute Gasteiger partial charge is 0.481 e. The molecule has 96 valence electrons. The van der Waals surface area contributed by atoms with Crippen molar-refractivity contribution >= 4 is 17.8 Å². The van der Waals surface area contributed by atoms with Gasteiger partial charge in [0, 0.05) is 0 Å². The highest BCUT2D eigenvalue weighted by atomic mass is 16.5. The number of imide groups is 1. The summed E-state index contributed by atoms with van der Waals surface area (Å²) >= 11 is 0. The van der Waals surface area contributed by atoms with E-state index >= 15 is 0 Å². The van der Waals surface area contributed by atoms with Gasteiger partial charge in [0.15, 0.2) is 0 Å². The number of likely N-dealkylation sites (tertiary alicyclic amines) is 1. The molecule has 0 aromatic heterocycles. The maximum atomic E-state index is 12.1. The van der Waals surface area contributed by atoms with Crippen LogP contribution in [0.2, 0.25) is 0 Å². The van der Waals surface area contributed by atoms with Crippen LogP contribution in [0, 0.1) is 5.92 Å². The fourth-order valence-electron chi connectivity index (χ4n) is 2.80. The number of fused-ring (bicyclic) bond motifs is 2. The summed E-state index contributed by atoms with van der Waals surface area (Å²) in [7, 11) is 0. The van der Waals surface area contributed by atoms with Gasteiger partial charge in [0.05, 0.1) is 12.0 Å². The molecule has 1 aliphatic carbocycles. The lowest BCUT2D eigenvalue weighted by atomic mass is 10.1. The highest BCUT2D eigenvalue weighted by Gasteiger charge is 2.49. The van der Waals surface area contributed by atoms with Crippen molar-refractivity contribution in [1.29, 1.82) is 0 Å². The average Bonchev–Trinajstić information content (AvgIpc) is 2.95. The number of rotatable bonds is 2. The van der Waals surface area contributed by atoms with Crippen LogP contribution in [-0.4, -0.2) is 46.0 Å². The van der Waals surface area contributed by atoms with Gasteiger partial charge in [-0.1, -0.05) is 12.2 Å². The number of nitrogens with zero attached hydrogens (tertiary/aromatic N) is 1. The Morgan fingerprint density at radius 2 is 1.83 bits per heavy atom. The first-order valence-corrected chi connectivity index (χ1v) is 6.01. The number of carboxylic acids is 1. The predicted octanol–water partition coefficient (Wildman–Crippen LogP) is -0.0679. The third-order valence-electron chi connectivity index (χ3n) is 3.76. The molecule has 0 aromatic rings. The van der Waals surface area contributed by atoms with Gasteiger partial charge in [-0.15, -0.1) is 0 Å². The fourth-order valence-corrected chi connectivity index (χ4v) is 2.80. The molecule has 2 bridgehead atoms. The number of hydrogen-bond donors (Lipinski definition) is 1. The first-order chi connectivity index (χ1) is 8.58. The zero-order valence-corrected chi connectivity index (χ0v) is 9.61. The molecule has 2 amide bonds. The second kappa shape index (κ2) is 3.91.